The lowest BCUT2D eigenvalue weighted by atomic mass is 10.1. The fourth-order valence-corrected chi connectivity index (χ4v) is 2.83. The molecule has 0 bridgehead atoms. The molecular weight excluding hydrogens is 246 g/mol. The van der Waals surface area contributed by atoms with Gasteiger partial charge < -0.3 is 10.4 Å². The van der Waals surface area contributed by atoms with Gasteiger partial charge in [-0.1, -0.05) is 25.5 Å². The van der Waals surface area contributed by atoms with Crippen LogP contribution in [0.25, 0.3) is 0 Å². The van der Waals surface area contributed by atoms with Crippen LogP contribution >= 0.6 is 11.8 Å². The second-order valence-electron chi connectivity index (χ2n) is 4.32. The Morgan fingerprint density at radius 3 is 2.78 bits per heavy atom. The largest absolute Gasteiger partial charge is 0.480 e. The molecule has 1 rings (SSSR count). The van der Waals surface area contributed by atoms with E-state index in [0.29, 0.717) is 6.42 Å². The Labute approximate surface area is 113 Å². The zero-order valence-electron chi connectivity index (χ0n) is 11.1. The zero-order chi connectivity index (χ0) is 13.5. The summed E-state index contributed by atoms with van der Waals surface area (Å²) in [5, 5.41) is 12.0. The standard InChI is InChI=1S/C14H21NO2S/c1-4-6-13(14(16)17)18-12-8-5-7-11(9-12)10(2)15-3/h5,7-10,13,15H,4,6H2,1-3H3,(H,16,17). The van der Waals surface area contributed by atoms with Gasteiger partial charge in [-0.15, -0.1) is 11.8 Å². The van der Waals surface area contributed by atoms with Crippen molar-refractivity contribution < 1.29 is 9.90 Å². The van der Waals surface area contributed by atoms with Crippen LogP contribution in [0.4, 0.5) is 0 Å². The van der Waals surface area contributed by atoms with Crippen LogP contribution in [0.15, 0.2) is 29.2 Å². The fourth-order valence-electron chi connectivity index (χ4n) is 1.68. The number of rotatable bonds is 7. The number of aliphatic carboxylic acids is 1. The molecule has 0 spiro atoms. The number of carboxylic acids is 1. The van der Waals surface area contributed by atoms with Crippen LogP contribution in [0.5, 0.6) is 0 Å². The lowest BCUT2D eigenvalue weighted by Gasteiger charge is -2.14. The number of hydrogen-bond donors (Lipinski definition) is 2. The molecule has 100 valence electrons. The van der Waals surface area contributed by atoms with Crippen molar-refractivity contribution in [3.05, 3.63) is 29.8 Å². The molecule has 4 heteroatoms. The Morgan fingerprint density at radius 1 is 1.50 bits per heavy atom. The van der Waals surface area contributed by atoms with Crippen molar-refractivity contribution in [1.29, 1.82) is 0 Å². The molecule has 0 fully saturated rings. The first-order valence-corrected chi connectivity index (χ1v) is 7.13. The molecule has 0 heterocycles. The number of carbonyl (C=O) groups is 1. The van der Waals surface area contributed by atoms with E-state index in [9.17, 15) is 4.79 Å². The van der Waals surface area contributed by atoms with Crippen molar-refractivity contribution in [3.8, 4) is 0 Å². The van der Waals surface area contributed by atoms with E-state index in [0.717, 1.165) is 11.3 Å². The second-order valence-corrected chi connectivity index (χ2v) is 5.59. The number of thioether (sulfide) groups is 1. The Hall–Kier alpha value is -1.00. The number of benzene rings is 1. The summed E-state index contributed by atoms with van der Waals surface area (Å²) < 4.78 is 0. The van der Waals surface area contributed by atoms with E-state index in [1.807, 2.05) is 26.1 Å². The van der Waals surface area contributed by atoms with Crippen LogP contribution in [0.1, 0.15) is 38.3 Å². The predicted molar refractivity (Wildman–Crippen MR) is 76.1 cm³/mol. The average Bonchev–Trinajstić information content (AvgIpc) is 2.37. The highest BCUT2D eigenvalue weighted by Crippen LogP contribution is 2.28. The number of carboxylic acid groups (broad SMARTS) is 1. The third-order valence-electron chi connectivity index (χ3n) is 2.90. The van der Waals surface area contributed by atoms with Crippen molar-refractivity contribution in [3.63, 3.8) is 0 Å². The number of hydrogen-bond acceptors (Lipinski definition) is 3. The van der Waals surface area contributed by atoms with E-state index < -0.39 is 5.97 Å². The van der Waals surface area contributed by atoms with Crippen molar-refractivity contribution in [2.45, 2.75) is 42.9 Å². The summed E-state index contributed by atoms with van der Waals surface area (Å²) in [5.41, 5.74) is 1.18. The Balaban J connectivity index is 2.80. The van der Waals surface area contributed by atoms with Crippen LogP contribution in [0.2, 0.25) is 0 Å². The smallest absolute Gasteiger partial charge is 0.316 e. The maximum Gasteiger partial charge on any atom is 0.316 e. The highest BCUT2D eigenvalue weighted by Gasteiger charge is 2.18. The summed E-state index contributed by atoms with van der Waals surface area (Å²) in [6.07, 6.45) is 1.59. The van der Waals surface area contributed by atoms with Crippen molar-refractivity contribution in [1.82, 2.24) is 5.32 Å². The van der Waals surface area contributed by atoms with E-state index in [1.165, 1.54) is 17.3 Å². The molecule has 0 radical (unpaired) electrons. The summed E-state index contributed by atoms with van der Waals surface area (Å²) in [4.78, 5) is 12.2. The van der Waals surface area contributed by atoms with E-state index >= 15 is 0 Å². The van der Waals surface area contributed by atoms with Gasteiger partial charge >= 0.3 is 5.97 Å². The molecule has 3 nitrogen and oxygen atoms in total. The van der Waals surface area contributed by atoms with Crippen molar-refractivity contribution >= 4 is 17.7 Å². The average molecular weight is 267 g/mol. The van der Waals surface area contributed by atoms with Crippen LogP contribution < -0.4 is 5.32 Å². The van der Waals surface area contributed by atoms with Gasteiger partial charge in [-0.25, -0.2) is 0 Å². The lowest BCUT2D eigenvalue weighted by molar-refractivity contribution is -0.136. The van der Waals surface area contributed by atoms with Crippen LogP contribution in [-0.4, -0.2) is 23.4 Å². The maximum absolute atomic E-state index is 11.1. The molecule has 2 atom stereocenters. The van der Waals surface area contributed by atoms with Gasteiger partial charge in [0.2, 0.25) is 0 Å². The molecule has 2 N–H and O–H groups in total. The van der Waals surface area contributed by atoms with E-state index in [-0.39, 0.29) is 11.3 Å². The number of nitrogens with one attached hydrogen (secondary N) is 1. The molecular formula is C14H21NO2S. The molecule has 0 saturated carbocycles. The van der Waals surface area contributed by atoms with Gasteiger partial charge in [0.15, 0.2) is 0 Å². The third-order valence-corrected chi connectivity index (χ3v) is 4.14. The first kappa shape index (κ1) is 15.1. The minimum atomic E-state index is -0.728. The van der Waals surface area contributed by atoms with Crippen LogP contribution in [0, 0.1) is 0 Å². The molecule has 1 aromatic carbocycles. The normalized spacial score (nSPS) is 14.2. The first-order valence-electron chi connectivity index (χ1n) is 6.25. The lowest BCUT2D eigenvalue weighted by Crippen LogP contribution is -2.16. The SMILES string of the molecule is CCCC(Sc1cccc(C(C)NC)c1)C(=O)O. The van der Waals surface area contributed by atoms with Gasteiger partial charge in [-0.05, 0) is 38.1 Å². The van der Waals surface area contributed by atoms with Gasteiger partial charge in [0.1, 0.15) is 5.25 Å². The highest BCUT2D eigenvalue weighted by atomic mass is 32.2. The predicted octanol–water partition coefficient (Wildman–Crippen LogP) is 3.31. The van der Waals surface area contributed by atoms with Crippen LogP contribution in [-0.2, 0) is 4.79 Å². The molecule has 0 aliphatic heterocycles. The molecule has 0 aliphatic carbocycles. The zero-order valence-corrected chi connectivity index (χ0v) is 12.0. The molecule has 0 amide bonds. The molecule has 18 heavy (non-hydrogen) atoms. The quantitative estimate of drug-likeness (QED) is 0.744. The summed E-state index contributed by atoms with van der Waals surface area (Å²) in [6.45, 7) is 4.10. The summed E-state index contributed by atoms with van der Waals surface area (Å²) in [7, 11) is 1.92. The minimum Gasteiger partial charge on any atom is -0.480 e. The molecule has 2 unspecified atom stereocenters. The first-order chi connectivity index (χ1) is 8.58. The highest BCUT2D eigenvalue weighted by molar-refractivity contribution is 8.00. The summed E-state index contributed by atoms with van der Waals surface area (Å²) in [6, 6.07) is 8.36. The van der Waals surface area contributed by atoms with Gasteiger partial charge in [0.25, 0.3) is 0 Å². The van der Waals surface area contributed by atoms with Crippen molar-refractivity contribution in [2.75, 3.05) is 7.05 Å². The summed E-state index contributed by atoms with van der Waals surface area (Å²) in [5.74, 6) is -0.728. The third kappa shape index (κ3) is 4.35. The van der Waals surface area contributed by atoms with E-state index in [4.69, 9.17) is 5.11 Å². The molecule has 0 aromatic heterocycles. The Kier molecular flexibility index (Phi) is 6.22. The topological polar surface area (TPSA) is 49.3 Å². The van der Waals surface area contributed by atoms with Crippen molar-refractivity contribution in [2.24, 2.45) is 0 Å². The van der Waals surface area contributed by atoms with Crippen LogP contribution in [0.3, 0.4) is 0 Å². The fraction of sp³-hybridized carbons (Fsp3) is 0.500. The molecule has 1 aromatic rings. The maximum atomic E-state index is 11.1. The van der Waals surface area contributed by atoms with Gasteiger partial charge in [-0.3, -0.25) is 4.79 Å². The van der Waals surface area contributed by atoms with Gasteiger partial charge in [-0.2, -0.15) is 0 Å². The Morgan fingerprint density at radius 2 is 2.22 bits per heavy atom. The van der Waals surface area contributed by atoms with Gasteiger partial charge in [0, 0.05) is 10.9 Å². The second kappa shape index (κ2) is 7.44. The van der Waals surface area contributed by atoms with Gasteiger partial charge in [0.05, 0.1) is 0 Å². The Bertz CT molecular complexity index is 395. The summed E-state index contributed by atoms with van der Waals surface area (Å²) >= 11 is 1.44. The van der Waals surface area contributed by atoms with E-state index in [2.05, 4.69) is 24.4 Å². The monoisotopic (exact) mass is 267 g/mol. The van der Waals surface area contributed by atoms with E-state index in [1.54, 1.807) is 0 Å². The minimum absolute atomic E-state index is 0.278. The molecule has 0 aliphatic rings. The molecule has 0 saturated heterocycles.